The number of benzene rings is 2. The zero-order valence-electron chi connectivity index (χ0n) is 13.7. The number of methoxy groups -OCH3 is 1. The maximum atomic E-state index is 10.7. The van der Waals surface area contributed by atoms with E-state index in [2.05, 4.69) is 0 Å². The Morgan fingerprint density at radius 3 is 2.58 bits per heavy atom. The highest BCUT2D eigenvalue weighted by molar-refractivity contribution is 5.86. The Hall–Kier alpha value is -2.95. The van der Waals surface area contributed by atoms with E-state index in [9.17, 15) is 4.79 Å². The van der Waals surface area contributed by atoms with Crippen molar-refractivity contribution in [1.29, 1.82) is 0 Å². The van der Waals surface area contributed by atoms with E-state index in [0.717, 1.165) is 17.4 Å². The molecule has 24 heavy (non-hydrogen) atoms. The summed E-state index contributed by atoms with van der Waals surface area (Å²) in [5.41, 5.74) is 1.76. The lowest BCUT2D eigenvalue weighted by molar-refractivity contribution is -0.131. The third-order valence-electron chi connectivity index (χ3n) is 3.22. The van der Waals surface area contributed by atoms with Crippen LogP contribution < -0.4 is 14.2 Å². The molecule has 0 unspecified atom stereocenters. The van der Waals surface area contributed by atoms with Crippen LogP contribution in [0, 0.1) is 6.92 Å². The van der Waals surface area contributed by atoms with Crippen LogP contribution in [0.25, 0.3) is 6.08 Å². The number of aliphatic carboxylic acids is 1. The van der Waals surface area contributed by atoms with E-state index in [1.165, 1.54) is 13.2 Å². The monoisotopic (exact) mass is 328 g/mol. The first-order valence-corrected chi connectivity index (χ1v) is 7.50. The fourth-order valence-electron chi connectivity index (χ4n) is 2.15. The molecule has 0 spiro atoms. The molecule has 0 atom stereocenters. The molecule has 0 aliphatic heterocycles. The molecule has 0 aliphatic rings. The Kier molecular flexibility index (Phi) is 6.25. The van der Waals surface area contributed by atoms with Crippen LogP contribution in [0.1, 0.15) is 11.1 Å². The molecule has 126 valence electrons. The van der Waals surface area contributed by atoms with E-state index in [4.69, 9.17) is 19.3 Å². The molecule has 5 heteroatoms. The van der Waals surface area contributed by atoms with Gasteiger partial charge in [-0.05, 0) is 36.8 Å². The van der Waals surface area contributed by atoms with E-state index in [0.29, 0.717) is 30.3 Å². The number of hydrogen-bond acceptors (Lipinski definition) is 4. The molecule has 0 amide bonds. The van der Waals surface area contributed by atoms with Crippen LogP contribution in [0.2, 0.25) is 0 Å². The molecule has 0 fully saturated rings. The predicted molar refractivity (Wildman–Crippen MR) is 91.8 cm³/mol. The number of carboxylic acid groups (broad SMARTS) is 1. The maximum Gasteiger partial charge on any atom is 0.328 e. The van der Waals surface area contributed by atoms with Crippen molar-refractivity contribution >= 4 is 12.0 Å². The summed E-state index contributed by atoms with van der Waals surface area (Å²) in [6, 6.07) is 13.1. The third kappa shape index (κ3) is 5.05. The van der Waals surface area contributed by atoms with Crippen molar-refractivity contribution in [3.63, 3.8) is 0 Å². The van der Waals surface area contributed by atoms with Gasteiger partial charge >= 0.3 is 5.97 Å². The van der Waals surface area contributed by atoms with Crippen molar-refractivity contribution < 1.29 is 24.1 Å². The number of ether oxygens (including phenoxy) is 3. The Morgan fingerprint density at radius 1 is 1.12 bits per heavy atom. The molecule has 0 radical (unpaired) electrons. The van der Waals surface area contributed by atoms with Gasteiger partial charge in [0.1, 0.15) is 19.0 Å². The smallest absolute Gasteiger partial charge is 0.328 e. The summed E-state index contributed by atoms with van der Waals surface area (Å²) < 4.78 is 16.7. The second kappa shape index (κ2) is 8.62. The minimum Gasteiger partial charge on any atom is -0.493 e. The van der Waals surface area contributed by atoms with Crippen molar-refractivity contribution in [2.45, 2.75) is 6.92 Å². The summed E-state index contributed by atoms with van der Waals surface area (Å²) in [4.78, 5) is 10.7. The summed E-state index contributed by atoms with van der Waals surface area (Å²) in [7, 11) is 1.54. The van der Waals surface area contributed by atoms with Gasteiger partial charge in [0.05, 0.1) is 7.11 Å². The molecule has 2 rings (SSSR count). The van der Waals surface area contributed by atoms with Gasteiger partial charge in [-0.3, -0.25) is 0 Å². The Balaban J connectivity index is 2.01. The third-order valence-corrected chi connectivity index (χ3v) is 3.22. The standard InChI is InChI=1S/C19H20O5/c1-14-5-3-7-16(13-14)23-11-12-24-19-15(9-10-18(20)21)6-4-8-17(19)22-2/h3-10,13H,11-12H2,1-2H3,(H,20,21). The van der Waals surface area contributed by atoms with Gasteiger partial charge in [-0.15, -0.1) is 0 Å². The number of carbonyl (C=O) groups is 1. The number of rotatable bonds is 8. The lowest BCUT2D eigenvalue weighted by atomic mass is 10.1. The van der Waals surface area contributed by atoms with Crippen molar-refractivity contribution in [2.75, 3.05) is 20.3 Å². The normalized spacial score (nSPS) is 10.6. The van der Waals surface area contributed by atoms with Gasteiger partial charge in [-0.25, -0.2) is 4.79 Å². The lowest BCUT2D eigenvalue weighted by Gasteiger charge is -2.14. The first-order chi connectivity index (χ1) is 11.6. The van der Waals surface area contributed by atoms with Crippen molar-refractivity contribution in [3.8, 4) is 17.2 Å². The Bertz CT molecular complexity index is 721. The van der Waals surface area contributed by atoms with E-state index >= 15 is 0 Å². The highest BCUT2D eigenvalue weighted by Crippen LogP contribution is 2.32. The van der Waals surface area contributed by atoms with Gasteiger partial charge in [0.25, 0.3) is 0 Å². The van der Waals surface area contributed by atoms with Crippen LogP contribution in [0.3, 0.4) is 0 Å². The summed E-state index contributed by atoms with van der Waals surface area (Å²) in [6.07, 6.45) is 2.53. The predicted octanol–water partition coefficient (Wildman–Crippen LogP) is 3.56. The second-order valence-electron chi connectivity index (χ2n) is 5.06. The van der Waals surface area contributed by atoms with Crippen LogP contribution in [-0.4, -0.2) is 31.4 Å². The van der Waals surface area contributed by atoms with Crippen LogP contribution in [0.4, 0.5) is 0 Å². The van der Waals surface area contributed by atoms with Gasteiger partial charge in [-0.1, -0.05) is 24.3 Å². The molecular weight excluding hydrogens is 308 g/mol. The average molecular weight is 328 g/mol. The summed E-state index contributed by atoms with van der Waals surface area (Å²) in [5.74, 6) is 0.791. The Morgan fingerprint density at radius 2 is 1.88 bits per heavy atom. The van der Waals surface area contributed by atoms with Gasteiger partial charge < -0.3 is 19.3 Å². The largest absolute Gasteiger partial charge is 0.493 e. The van der Waals surface area contributed by atoms with E-state index in [1.54, 1.807) is 18.2 Å². The molecule has 2 aromatic carbocycles. The Labute approximate surface area is 141 Å². The van der Waals surface area contributed by atoms with E-state index < -0.39 is 5.97 Å². The zero-order valence-corrected chi connectivity index (χ0v) is 13.7. The fraction of sp³-hybridized carbons (Fsp3) is 0.211. The van der Waals surface area contributed by atoms with Gasteiger partial charge in [-0.2, -0.15) is 0 Å². The molecule has 0 bridgehead atoms. The first kappa shape index (κ1) is 17.4. The molecule has 1 N–H and O–H groups in total. The lowest BCUT2D eigenvalue weighted by Crippen LogP contribution is -2.10. The molecule has 0 saturated carbocycles. The molecule has 0 aliphatic carbocycles. The average Bonchev–Trinajstić information content (AvgIpc) is 2.57. The molecular formula is C19H20O5. The summed E-state index contributed by atoms with van der Waals surface area (Å²) in [5, 5.41) is 8.78. The van der Waals surface area contributed by atoms with Crippen molar-refractivity contribution in [3.05, 3.63) is 59.7 Å². The zero-order chi connectivity index (χ0) is 17.4. The van der Waals surface area contributed by atoms with E-state index in [-0.39, 0.29) is 0 Å². The van der Waals surface area contributed by atoms with Gasteiger partial charge in [0, 0.05) is 11.6 Å². The van der Waals surface area contributed by atoms with Crippen LogP contribution >= 0.6 is 0 Å². The fourth-order valence-corrected chi connectivity index (χ4v) is 2.15. The SMILES string of the molecule is COc1cccc(C=CC(=O)O)c1OCCOc1cccc(C)c1. The maximum absolute atomic E-state index is 10.7. The van der Waals surface area contributed by atoms with Crippen molar-refractivity contribution in [1.82, 2.24) is 0 Å². The minimum absolute atomic E-state index is 0.308. The number of carboxylic acids is 1. The summed E-state index contributed by atoms with van der Waals surface area (Å²) >= 11 is 0. The second-order valence-corrected chi connectivity index (χ2v) is 5.06. The molecule has 5 nitrogen and oxygen atoms in total. The number of hydrogen-bond donors (Lipinski definition) is 1. The highest BCUT2D eigenvalue weighted by atomic mass is 16.5. The summed E-state index contributed by atoms with van der Waals surface area (Å²) in [6.45, 7) is 2.67. The molecule has 2 aromatic rings. The van der Waals surface area contributed by atoms with Crippen molar-refractivity contribution in [2.24, 2.45) is 0 Å². The number of para-hydroxylation sites is 1. The van der Waals surface area contributed by atoms with Crippen LogP contribution in [0.15, 0.2) is 48.5 Å². The quantitative estimate of drug-likeness (QED) is 0.593. The highest BCUT2D eigenvalue weighted by Gasteiger charge is 2.09. The molecule has 0 aromatic heterocycles. The van der Waals surface area contributed by atoms with Crippen LogP contribution in [-0.2, 0) is 4.79 Å². The van der Waals surface area contributed by atoms with E-state index in [1.807, 2.05) is 31.2 Å². The minimum atomic E-state index is -1.02. The number of aryl methyl sites for hydroxylation is 1. The van der Waals surface area contributed by atoms with Gasteiger partial charge in [0.2, 0.25) is 0 Å². The molecule has 0 saturated heterocycles. The molecule has 0 heterocycles. The first-order valence-electron chi connectivity index (χ1n) is 7.50. The topological polar surface area (TPSA) is 65.0 Å². The van der Waals surface area contributed by atoms with Crippen LogP contribution in [0.5, 0.6) is 17.2 Å². The van der Waals surface area contributed by atoms with Gasteiger partial charge in [0.15, 0.2) is 11.5 Å².